The standard InChI is InChI=1S/C21H19NO2/c1-15-12-16(2)14-17(13-15)22-21(23)19-10-6-7-11-20(19)24-18-8-4-3-5-9-18/h3-14H,1-2H3,(H,22,23). The van der Waals surface area contributed by atoms with Gasteiger partial charge in [0.1, 0.15) is 11.5 Å². The lowest BCUT2D eigenvalue weighted by Gasteiger charge is -2.12. The Labute approximate surface area is 141 Å². The van der Waals surface area contributed by atoms with Gasteiger partial charge in [0.15, 0.2) is 0 Å². The Morgan fingerprint density at radius 3 is 2.17 bits per heavy atom. The normalized spacial score (nSPS) is 10.2. The first kappa shape index (κ1) is 15.8. The number of amides is 1. The number of para-hydroxylation sites is 2. The number of ether oxygens (including phenoxy) is 1. The maximum Gasteiger partial charge on any atom is 0.259 e. The summed E-state index contributed by atoms with van der Waals surface area (Å²) in [6, 6.07) is 22.6. The highest BCUT2D eigenvalue weighted by Gasteiger charge is 2.13. The molecule has 3 rings (SSSR count). The minimum atomic E-state index is -0.188. The fourth-order valence-corrected chi connectivity index (χ4v) is 2.60. The number of carbonyl (C=O) groups is 1. The van der Waals surface area contributed by atoms with E-state index in [9.17, 15) is 4.79 Å². The number of hydrogen-bond acceptors (Lipinski definition) is 2. The summed E-state index contributed by atoms with van der Waals surface area (Å²) in [4.78, 5) is 12.7. The predicted molar refractivity (Wildman–Crippen MR) is 96.8 cm³/mol. The first-order chi connectivity index (χ1) is 11.6. The number of nitrogens with one attached hydrogen (secondary N) is 1. The van der Waals surface area contributed by atoms with Crippen molar-refractivity contribution in [1.29, 1.82) is 0 Å². The number of aryl methyl sites for hydroxylation is 2. The van der Waals surface area contributed by atoms with Crippen LogP contribution in [0.25, 0.3) is 0 Å². The van der Waals surface area contributed by atoms with Crippen molar-refractivity contribution in [3.63, 3.8) is 0 Å². The lowest BCUT2D eigenvalue weighted by molar-refractivity contribution is 0.102. The van der Waals surface area contributed by atoms with Crippen LogP contribution in [0.4, 0.5) is 5.69 Å². The van der Waals surface area contributed by atoms with Gasteiger partial charge in [-0.05, 0) is 61.4 Å². The molecular formula is C21H19NO2. The molecule has 3 aromatic rings. The molecule has 3 nitrogen and oxygen atoms in total. The number of benzene rings is 3. The molecule has 0 heterocycles. The van der Waals surface area contributed by atoms with Gasteiger partial charge in [-0.3, -0.25) is 4.79 Å². The molecule has 24 heavy (non-hydrogen) atoms. The van der Waals surface area contributed by atoms with Gasteiger partial charge in [0.2, 0.25) is 0 Å². The molecule has 0 atom stereocenters. The fourth-order valence-electron chi connectivity index (χ4n) is 2.60. The van der Waals surface area contributed by atoms with Crippen LogP contribution < -0.4 is 10.1 Å². The topological polar surface area (TPSA) is 38.3 Å². The van der Waals surface area contributed by atoms with Gasteiger partial charge in [0.05, 0.1) is 5.56 Å². The third kappa shape index (κ3) is 3.82. The summed E-state index contributed by atoms with van der Waals surface area (Å²) >= 11 is 0. The highest BCUT2D eigenvalue weighted by Crippen LogP contribution is 2.26. The lowest BCUT2D eigenvalue weighted by atomic mass is 10.1. The molecule has 0 bridgehead atoms. The van der Waals surface area contributed by atoms with Crippen LogP contribution in [0.3, 0.4) is 0 Å². The van der Waals surface area contributed by atoms with E-state index in [0.717, 1.165) is 16.8 Å². The van der Waals surface area contributed by atoms with Gasteiger partial charge >= 0.3 is 0 Å². The minimum Gasteiger partial charge on any atom is -0.457 e. The van der Waals surface area contributed by atoms with E-state index < -0.39 is 0 Å². The van der Waals surface area contributed by atoms with Crippen LogP contribution >= 0.6 is 0 Å². The van der Waals surface area contributed by atoms with E-state index in [-0.39, 0.29) is 5.91 Å². The highest BCUT2D eigenvalue weighted by molar-refractivity contribution is 6.06. The molecule has 3 heteroatoms. The SMILES string of the molecule is Cc1cc(C)cc(NC(=O)c2ccccc2Oc2ccccc2)c1. The van der Waals surface area contributed by atoms with E-state index in [2.05, 4.69) is 11.4 Å². The second kappa shape index (κ2) is 7.01. The smallest absolute Gasteiger partial charge is 0.259 e. The highest BCUT2D eigenvalue weighted by atomic mass is 16.5. The van der Waals surface area contributed by atoms with Crippen molar-refractivity contribution in [2.45, 2.75) is 13.8 Å². The van der Waals surface area contributed by atoms with Crippen molar-refractivity contribution >= 4 is 11.6 Å². The molecule has 0 saturated carbocycles. The summed E-state index contributed by atoms with van der Waals surface area (Å²) in [5.74, 6) is 1.04. The molecule has 120 valence electrons. The zero-order valence-electron chi connectivity index (χ0n) is 13.7. The summed E-state index contributed by atoms with van der Waals surface area (Å²) in [6.07, 6.45) is 0. The van der Waals surface area contributed by atoms with Crippen LogP contribution in [-0.4, -0.2) is 5.91 Å². The van der Waals surface area contributed by atoms with Gasteiger partial charge in [-0.25, -0.2) is 0 Å². The fraction of sp³-hybridized carbons (Fsp3) is 0.0952. The molecular weight excluding hydrogens is 298 g/mol. The predicted octanol–water partition coefficient (Wildman–Crippen LogP) is 5.35. The van der Waals surface area contributed by atoms with Crippen LogP contribution in [0.5, 0.6) is 11.5 Å². The van der Waals surface area contributed by atoms with Gasteiger partial charge in [0.25, 0.3) is 5.91 Å². The Kier molecular flexibility index (Phi) is 4.62. The number of hydrogen-bond donors (Lipinski definition) is 1. The van der Waals surface area contributed by atoms with E-state index in [1.807, 2.05) is 68.4 Å². The zero-order chi connectivity index (χ0) is 16.9. The number of carbonyl (C=O) groups excluding carboxylic acids is 1. The molecule has 0 aromatic heterocycles. The van der Waals surface area contributed by atoms with Crippen LogP contribution in [0.1, 0.15) is 21.5 Å². The molecule has 0 fully saturated rings. The summed E-state index contributed by atoms with van der Waals surface area (Å²) in [7, 11) is 0. The molecule has 0 spiro atoms. The number of anilines is 1. The second-order valence-corrected chi connectivity index (χ2v) is 5.74. The van der Waals surface area contributed by atoms with Crippen molar-refractivity contribution in [3.8, 4) is 11.5 Å². The molecule has 1 amide bonds. The Morgan fingerprint density at radius 1 is 0.833 bits per heavy atom. The van der Waals surface area contributed by atoms with Crippen LogP contribution in [-0.2, 0) is 0 Å². The molecule has 0 radical (unpaired) electrons. The molecule has 1 N–H and O–H groups in total. The van der Waals surface area contributed by atoms with E-state index in [1.165, 1.54) is 0 Å². The summed E-state index contributed by atoms with van der Waals surface area (Å²) in [6.45, 7) is 4.02. The first-order valence-corrected chi connectivity index (χ1v) is 7.83. The van der Waals surface area contributed by atoms with Crippen molar-refractivity contribution in [2.75, 3.05) is 5.32 Å². The third-order valence-corrected chi connectivity index (χ3v) is 3.58. The van der Waals surface area contributed by atoms with E-state index in [4.69, 9.17) is 4.74 Å². The van der Waals surface area contributed by atoms with Gasteiger partial charge in [0, 0.05) is 5.69 Å². The molecule has 0 aliphatic heterocycles. The third-order valence-electron chi connectivity index (χ3n) is 3.58. The maximum atomic E-state index is 12.7. The maximum absolute atomic E-state index is 12.7. The van der Waals surface area contributed by atoms with Crippen molar-refractivity contribution in [3.05, 3.63) is 89.5 Å². The van der Waals surface area contributed by atoms with E-state index in [0.29, 0.717) is 17.1 Å². The van der Waals surface area contributed by atoms with Gasteiger partial charge in [-0.15, -0.1) is 0 Å². The first-order valence-electron chi connectivity index (χ1n) is 7.83. The summed E-state index contributed by atoms with van der Waals surface area (Å²) in [5.41, 5.74) is 3.51. The van der Waals surface area contributed by atoms with Crippen LogP contribution in [0.15, 0.2) is 72.8 Å². The van der Waals surface area contributed by atoms with Crippen LogP contribution in [0.2, 0.25) is 0 Å². The van der Waals surface area contributed by atoms with Crippen molar-refractivity contribution in [1.82, 2.24) is 0 Å². The molecule has 0 aliphatic carbocycles. The average Bonchev–Trinajstić information content (AvgIpc) is 2.55. The summed E-state index contributed by atoms with van der Waals surface area (Å²) < 4.78 is 5.85. The Bertz CT molecular complexity index is 836. The van der Waals surface area contributed by atoms with Crippen molar-refractivity contribution < 1.29 is 9.53 Å². The number of rotatable bonds is 4. The monoisotopic (exact) mass is 317 g/mol. The van der Waals surface area contributed by atoms with E-state index >= 15 is 0 Å². The van der Waals surface area contributed by atoms with Crippen molar-refractivity contribution in [2.24, 2.45) is 0 Å². The zero-order valence-corrected chi connectivity index (χ0v) is 13.7. The van der Waals surface area contributed by atoms with Crippen LogP contribution in [0, 0.1) is 13.8 Å². The molecule has 3 aromatic carbocycles. The Morgan fingerprint density at radius 2 is 1.46 bits per heavy atom. The lowest BCUT2D eigenvalue weighted by Crippen LogP contribution is -2.13. The molecule has 0 unspecified atom stereocenters. The minimum absolute atomic E-state index is 0.188. The molecule has 0 saturated heterocycles. The Hall–Kier alpha value is -3.07. The quantitative estimate of drug-likeness (QED) is 0.704. The second-order valence-electron chi connectivity index (χ2n) is 5.74. The van der Waals surface area contributed by atoms with E-state index in [1.54, 1.807) is 12.1 Å². The largest absolute Gasteiger partial charge is 0.457 e. The average molecular weight is 317 g/mol. The summed E-state index contributed by atoms with van der Waals surface area (Å²) in [5, 5.41) is 2.95. The van der Waals surface area contributed by atoms with Gasteiger partial charge in [-0.1, -0.05) is 36.4 Å². The van der Waals surface area contributed by atoms with Gasteiger partial charge < -0.3 is 10.1 Å². The van der Waals surface area contributed by atoms with Gasteiger partial charge in [-0.2, -0.15) is 0 Å². The Balaban J connectivity index is 1.85. The molecule has 0 aliphatic rings.